The van der Waals surface area contributed by atoms with Gasteiger partial charge in [-0.05, 0) is 30.4 Å². The second kappa shape index (κ2) is 5.32. The number of halogens is 3. The first-order valence-electron chi connectivity index (χ1n) is 6.27. The molecule has 0 spiro atoms. The predicted octanol–water partition coefficient (Wildman–Crippen LogP) is 5.98. The van der Waals surface area contributed by atoms with E-state index >= 15 is 0 Å². The van der Waals surface area contributed by atoms with Crippen LogP contribution in [0.5, 0.6) is 0 Å². The molecule has 98 valence electrons. The molecule has 0 N–H and O–H groups in total. The van der Waals surface area contributed by atoms with E-state index in [2.05, 4.69) is 17.1 Å². The van der Waals surface area contributed by atoms with Gasteiger partial charge in [0.05, 0.1) is 15.7 Å². The summed E-state index contributed by atoms with van der Waals surface area (Å²) in [4.78, 5) is 4.25. The lowest BCUT2D eigenvalue weighted by molar-refractivity contribution is 0.420. The van der Waals surface area contributed by atoms with Crippen molar-refractivity contribution < 1.29 is 0 Å². The Kier molecular flexibility index (Phi) is 3.70. The SMILES string of the molecule is Clc1cc(Cl)c(-c2ccc(C3CCC3)cc2)nc1Cl. The van der Waals surface area contributed by atoms with Crippen molar-refractivity contribution in [1.29, 1.82) is 0 Å². The molecule has 0 bridgehead atoms. The van der Waals surface area contributed by atoms with Crippen LogP contribution in [0.4, 0.5) is 0 Å². The van der Waals surface area contributed by atoms with Gasteiger partial charge in [-0.3, -0.25) is 0 Å². The topological polar surface area (TPSA) is 12.9 Å². The Morgan fingerprint density at radius 2 is 1.63 bits per heavy atom. The molecule has 0 saturated heterocycles. The number of aromatic nitrogens is 1. The maximum atomic E-state index is 6.17. The fourth-order valence-corrected chi connectivity index (χ4v) is 2.91. The Balaban J connectivity index is 1.95. The van der Waals surface area contributed by atoms with Gasteiger partial charge in [0.25, 0.3) is 0 Å². The van der Waals surface area contributed by atoms with Crippen LogP contribution in [-0.4, -0.2) is 4.98 Å². The summed E-state index contributed by atoms with van der Waals surface area (Å²) in [5.74, 6) is 0.728. The summed E-state index contributed by atoms with van der Waals surface area (Å²) in [5.41, 5.74) is 3.04. The van der Waals surface area contributed by atoms with E-state index in [0.717, 1.165) is 11.5 Å². The van der Waals surface area contributed by atoms with Crippen LogP contribution >= 0.6 is 34.8 Å². The van der Waals surface area contributed by atoms with Crippen molar-refractivity contribution >= 4 is 34.8 Å². The minimum Gasteiger partial charge on any atom is -0.233 e. The van der Waals surface area contributed by atoms with Crippen molar-refractivity contribution in [2.45, 2.75) is 25.2 Å². The highest BCUT2D eigenvalue weighted by molar-refractivity contribution is 6.42. The minimum absolute atomic E-state index is 0.282. The summed E-state index contributed by atoms with van der Waals surface area (Å²) < 4.78 is 0. The van der Waals surface area contributed by atoms with E-state index in [1.807, 2.05) is 12.1 Å². The lowest BCUT2D eigenvalue weighted by Gasteiger charge is -2.25. The lowest BCUT2D eigenvalue weighted by Crippen LogP contribution is -2.08. The maximum absolute atomic E-state index is 6.17. The molecular formula is C15H12Cl3N. The number of pyridine rings is 1. The second-order valence-electron chi connectivity index (χ2n) is 4.84. The van der Waals surface area contributed by atoms with Crippen LogP contribution in [0.1, 0.15) is 30.7 Å². The van der Waals surface area contributed by atoms with Gasteiger partial charge in [0.1, 0.15) is 5.15 Å². The average molecular weight is 313 g/mol. The maximum Gasteiger partial charge on any atom is 0.148 e. The van der Waals surface area contributed by atoms with E-state index in [0.29, 0.717) is 15.7 Å². The van der Waals surface area contributed by atoms with Gasteiger partial charge < -0.3 is 0 Å². The van der Waals surface area contributed by atoms with E-state index < -0.39 is 0 Å². The van der Waals surface area contributed by atoms with Crippen LogP contribution in [0.3, 0.4) is 0 Å². The smallest absolute Gasteiger partial charge is 0.148 e. The molecule has 1 heterocycles. The lowest BCUT2D eigenvalue weighted by atomic mass is 9.80. The molecule has 1 aliphatic rings. The van der Waals surface area contributed by atoms with Crippen LogP contribution in [0.2, 0.25) is 15.2 Å². The minimum atomic E-state index is 0.282. The average Bonchev–Trinajstić information content (AvgIpc) is 2.33. The third-order valence-corrected chi connectivity index (χ3v) is 4.61. The van der Waals surface area contributed by atoms with E-state index in [4.69, 9.17) is 34.8 Å². The standard InChI is InChI=1S/C15H12Cl3N/c16-12-8-13(17)15(18)19-14(12)11-6-4-10(5-7-11)9-2-1-3-9/h4-9H,1-3H2. The first kappa shape index (κ1) is 13.2. The van der Waals surface area contributed by atoms with Gasteiger partial charge in [-0.1, -0.05) is 65.5 Å². The molecular weight excluding hydrogens is 301 g/mol. The van der Waals surface area contributed by atoms with E-state index in [-0.39, 0.29) is 5.15 Å². The second-order valence-corrected chi connectivity index (χ2v) is 6.01. The predicted molar refractivity (Wildman–Crippen MR) is 81.3 cm³/mol. The van der Waals surface area contributed by atoms with Crippen LogP contribution in [0.25, 0.3) is 11.3 Å². The molecule has 1 nitrogen and oxygen atoms in total. The van der Waals surface area contributed by atoms with Gasteiger partial charge in [0.2, 0.25) is 0 Å². The Hall–Kier alpha value is -0.760. The van der Waals surface area contributed by atoms with Crippen molar-refractivity contribution in [3.8, 4) is 11.3 Å². The molecule has 0 atom stereocenters. The van der Waals surface area contributed by atoms with Gasteiger partial charge >= 0.3 is 0 Å². The van der Waals surface area contributed by atoms with Gasteiger partial charge in [-0.15, -0.1) is 0 Å². The fraction of sp³-hybridized carbons (Fsp3) is 0.267. The molecule has 1 saturated carbocycles. The normalized spacial score (nSPS) is 15.3. The van der Waals surface area contributed by atoms with E-state index in [1.165, 1.54) is 24.8 Å². The highest BCUT2D eigenvalue weighted by atomic mass is 35.5. The highest BCUT2D eigenvalue weighted by Crippen LogP contribution is 2.38. The molecule has 1 aromatic heterocycles. The van der Waals surface area contributed by atoms with Crippen LogP contribution in [0.15, 0.2) is 30.3 Å². The number of hydrogen-bond acceptors (Lipinski definition) is 1. The summed E-state index contributed by atoms with van der Waals surface area (Å²) >= 11 is 18.0. The van der Waals surface area contributed by atoms with Crippen molar-refractivity contribution in [2.24, 2.45) is 0 Å². The third-order valence-electron chi connectivity index (χ3n) is 3.65. The summed E-state index contributed by atoms with van der Waals surface area (Å²) in [6, 6.07) is 10.0. The van der Waals surface area contributed by atoms with Gasteiger partial charge in [-0.2, -0.15) is 0 Å². The Labute approximate surface area is 127 Å². The third kappa shape index (κ3) is 2.60. The summed E-state index contributed by atoms with van der Waals surface area (Å²) in [7, 11) is 0. The Morgan fingerprint density at radius 1 is 0.947 bits per heavy atom. The van der Waals surface area contributed by atoms with Crippen LogP contribution in [-0.2, 0) is 0 Å². The van der Waals surface area contributed by atoms with E-state index in [9.17, 15) is 0 Å². The molecule has 0 radical (unpaired) electrons. The largest absolute Gasteiger partial charge is 0.233 e. The summed E-state index contributed by atoms with van der Waals surface area (Å²) in [5, 5.41) is 1.18. The number of rotatable bonds is 2. The number of benzene rings is 1. The number of nitrogens with zero attached hydrogens (tertiary/aromatic N) is 1. The van der Waals surface area contributed by atoms with Crippen molar-refractivity contribution in [2.75, 3.05) is 0 Å². The Morgan fingerprint density at radius 3 is 2.21 bits per heavy atom. The zero-order chi connectivity index (χ0) is 13.4. The molecule has 19 heavy (non-hydrogen) atoms. The molecule has 1 aromatic carbocycles. The molecule has 0 unspecified atom stereocenters. The highest BCUT2D eigenvalue weighted by Gasteiger charge is 2.19. The summed E-state index contributed by atoms with van der Waals surface area (Å²) in [6.07, 6.45) is 3.93. The molecule has 0 aliphatic heterocycles. The molecule has 1 fully saturated rings. The fourth-order valence-electron chi connectivity index (χ4n) is 2.30. The van der Waals surface area contributed by atoms with Crippen molar-refractivity contribution in [3.63, 3.8) is 0 Å². The van der Waals surface area contributed by atoms with Crippen LogP contribution in [0, 0.1) is 0 Å². The first-order valence-corrected chi connectivity index (χ1v) is 7.40. The summed E-state index contributed by atoms with van der Waals surface area (Å²) in [6.45, 7) is 0. The van der Waals surface area contributed by atoms with Crippen molar-refractivity contribution in [1.82, 2.24) is 4.98 Å². The number of hydrogen-bond donors (Lipinski definition) is 0. The Bertz CT molecular complexity index is 604. The van der Waals surface area contributed by atoms with Crippen molar-refractivity contribution in [3.05, 3.63) is 51.1 Å². The first-order chi connectivity index (χ1) is 9.15. The molecule has 1 aliphatic carbocycles. The van der Waals surface area contributed by atoms with E-state index in [1.54, 1.807) is 6.07 Å². The zero-order valence-electron chi connectivity index (χ0n) is 10.2. The molecule has 3 rings (SSSR count). The van der Waals surface area contributed by atoms with Crippen LogP contribution < -0.4 is 0 Å². The van der Waals surface area contributed by atoms with Gasteiger partial charge in [-0.25, -0.2) is 4.98 Å². The molecule has 4 heteroatoms. The molecule has 0 amide bonds. The monoisotopic (exact) mass is 311 g/mol. The quantitative estimate of drug-likeness (QED) is 0.622. The van der Waals surface area contributed by atoms with Gasteiger partial charge in [0.15, 0.2) is 0 Å². The van der Waals surface area contributed by atoms with Gasteiger partial charge in [0, 0.05) is 5.56 Å². The zero-order valence-corrected chi connectivity index (χ0v) is 12.4. The molecule has 2 aromatic rings.